The van der Waals surface area contributed by atoms with Crippen molar-refractivity contribution in [3.8, 4) is 0 Å². The summed E-state index contributed by atoms with van der Waals surface area (Å²) in [5, 5.41) is 0. The predicted molar refractivity (Wildman–Crippen MR) is 78.9 cm³/mol. The first-order chi connectivity index (χ1) is 9.33. The number of halogens is 2. The largest absolute Gasteiger partial charge is 0.322 e. The zero-order chi connectivity index (χ0) is 14.9. The van der Waals surface area contributed by atoms with Crippen LogP contribution in [-0.2, 0) is 0 Å². The van der Waals surface area contributed by atoms with Gasteiger partial charge in [-0.15, -0.1) is 0 Å². The summed E-state index contributed by atoms with van der Waals surface area (Å²) in [7, 11) is 2.18. The van der Waals surface area contributed by atoms with Crippen LogP contribution in [0.3, 0.4) is 0 Å². The highest BCUT2D eigenvalue weighted by molar-refractivity contribution is 4.95. The first-order valence-corrected chi connectivity index (χ1v) is 8.18. The molecule has 2 saturated carbocycles. The normalized spacial score (nSPS) is 38.4. The zero-order valence-corrected chi connectivity index (χ0v) is 13.1. The summed E-state index contributed by atoms with van der Waals surface area (Å²) in [6.45, 7) is 4.42. The molecule has 2 nitrogen and oxygen atoms in total. The number of nitrogens with two attached hydrogens (primary N) is 1. The van der Waals surface area contributed by atoms with Gasteiger partial charge in [-0.25, -0.2) is 8.78 Å². The van der Waals surface area contributed by atoms with Crippen LogP contribution in [0.25, 0.3) is 0 Å². The molecule has 0 aromatic rings. The first-order valence-electron chi connectivity index (χ1n) is 8.18. The van der Waals surface area contributed by atoms with E-state index in [0.29, 0.717) is 24.4 Å². The third kappa shape index (κ3) is 3.33. The van der Waals surface area contributed by atoms with E-state index in [1.807, 2.05) is 0 Å². The van der Waals surface area contributed by atoms with E-state index in [4.69, 9.17) is 5.73 Å². The van der Waals surface area contributed by atoms with E-state index in [-0.39, 0.29) is 12.3 Å². The van der Waals surface area contributed by atoms with Gasteiger partial charge in [0.1, 0.15) is 0 Å². The van der Waals surface area contributed by atoms with Crippen molar-refractivity contribution in [1.82, 2.24) is 4.90 Å². The van der Waals surface area contributed by atoms with Gasteiger partial charge in [0.05, 0.1) is 6.04 Å². The average molecular weight is 288 g/mol. The smallest absolute Gasteiger partial charge is 0.263 e. The molecule has 0 heterocycles. The van der Waals surface area contributed by atoms with E-state index < -0.39 is 12.0 Å². The van der Waals surface area contributed by atoms with Crippen molar-refractivity contribution < 1.29 is 8.78 Å². The summed E-state index contributed by atoms with van der Waals surface area (Å²) in [6, 6.07) is 0.255. The maximum Gasteiger partial charge on any atom is 0.263 e. The van der Waals surface area contributed by atoms with Gasteiger partial charge < -0.3 is 10.6 Å². The minimum Gasteiger partial charge on any atom is -0.322 e. The number of nitrogens with zero attached hydrogens (tertiary/aromatic N) is 1. The van der Waals surface area contributed by atoms with Crippen LogP contribution in [0.15, 0.2) is 0 Å². The third-order valence-electron chi connectivity index (χ3n) is 5.73. The highest BCUT2D eigenvalue weighted by Gasteiger charge is 2.47. The van der Waals surface area contributed by atoms with Gasteiger partial charge in [-0.1, -0.05) is 0 Å². The maximum atomic E-state index is 13.8. The van der Waals surface area contributed by atoms with Crippen molar-refractivity contribution in [2.45, 2.75) is 82.8 Å². The minimum atomic E-state index is -2.64. The fourth-order valence-corrected chi connectivity index (χ4v) is 4.12. The lowest BCUT2D eigenvalue weighted by Gasteiger charge is -2.44. The molecule has 0 aliphatic heterocycles. The van der Waals surface area contributed by atoms with Crippen LogP contribution in [0.2, 0.25) is 0 Å². The third-order valence-corrected chi connectivity index (χ3v) is 5.73. The van der Waals surface area contributed by atoms with Crippen LogP contribution in [0.4, 0.5) is 8.78 Å². The molecule has 0 aromatic heterocycles. The Morgan fingerprint density at radius 3 is 2.25 bits per heavy atom. The SMILES string of the molecule is CC(C)N(C)C1CCC(C2CCCC(F)(F)[C@@H]2N)CC1. The van der Waals surface area contributed by atoms with Crippen molar-refractivity contribution in [2.24, 2.45) is 17.6 Å². The van der Waals surface area contributed by atoms with Gasteiger partial charge in [0.15, 0.2) is 0 Å². The second-order valence-electron chi connectivity index (χ2n) is 7.17. The van der Waals surface area contributed by atoms with Gasteiger partial charge in [-0.2, -0.15) is 0 Å². The molecule has 0 saturated heterocycles. The molecule has 0 aromatic carbocycles. The number of rotatable bonds is 3. The van der Waals surface area contributed by atoms with Gasteiger partial charge in [-0.05, 0) is 71.3 Å². The molecular weight excluding hydrogens is 258 g/mol. The molecule has 0 radical (unpaired) electrons. The molecule has 0 amide bonds. The molecule has 2 aliphatic carbocycles. The Bertz CT molecular complexity index is 312. The van der Waals surface area contributed by atoms with E-state index in [1.54, 1.807) is 0 Å². The Morgan fingerprint density at radius 2 is 1.70 bits per heavy atom. The quantitative estimate of drug-likeness (QED) is 0.859. The highest BCUT2D eigenvalue weighted by Crippen LogP contribution is 2.43. The standard InChI is InChI=1S/C16H30F2N2/c1-11(2)20(3)13-8-6-12(7-9-13)14-5-4-10-16(17,18)15(14)19/h11-15H,4-10,19H2,1-3H3/t12?,13?,14?,15-/m1/s1. The van der Waals surface area contributed by atoms with Gasteiger partial charge >= 0.3 is 0 Å². The van der Waals surface area contributed by atoms with Crippen LogP contribution in [0.5, 0.6) is 0 Å². The van der Waals surface area contributed by atoms with Crippen LogP contribution >= 0.6 is 0 Å². The molecule has 0 bridgehead atoms. The Labute approximate surface area is 122 Å². The highest BCUT2D eigenvalue weighted by atomic mass is 19.3. The maximum absolute atomic E-state index is 13.8. The Hall–Kier alpha value is -0.220. The van der Waals surface area contributed by atoms with E-state index in [1.165, 1.54) is 0 Å². The lowest BCUT2D eigenvalue weighted by molar-refractivity contribution is -0.0859. The molecule has 4 heteroatoms. The van der Waals surface area contributed by atoms with Crippen LogP contribution in [0.1, 0.15) is 58.8 Å². The topological polar surface area (TPSA) is 29.3 Å². The summed E-state index contributed by atoms with van der Waals surface area (Å²) < 4.78 is 27.6. The lowest BCUT2D eigenvalue weighted by atomic mass is 9.69. The van der Waals surface area contributed by atoms with E-state index in [2.05, 4.69) is 25.8 Å². The van der Waals surface area contributed by atoms with E-state index >= 15 is 0 Å². The van der Waals surface area contributed by atoms with Crippen LogP contribution in [-0.4, -0.2) is 36.0 Å². The second kappa shape index (κ2) is 6.27. The van der Waals surface area contributed by atoms with Crippen molar-refractivity contribution in [1.29, 1.82) is 0 Å². The molecule has 20 heavy (non-hydrogen) atoms. The molecule has 1 unspecified atom stereocenters. The number of hydrogen-bond donors (Lipinski definition) is 1. The summed E-state index contributed by atoms with van der Waals surface area (Å²) in [5.74, 6) is -2.20. The summed E-state index contributed by atoms with van der Waals surface area (Å²) in [5.41, 5.74) is 5.87. The summed E-state index contributed by atoms with van der Waals surface area (Å²) in [4.78, 5) is 2.42. The predicted octanol–water partition coefficient (Wildman–Crippen LogP) is 3.65. The Kier molecular flexibility index (Phi) is 5.06. The monoisotopic (exact) mass is 288 g/mol. The number of hydrogen-bond acceptors (Lipinski definition) is 2. The fourth-order valence-electron chi connectivity index (χ4n) is 4.12. The summed E-state index contributed by atoms with van der Waals surface area (Å²) >= 11 is 0. The average Bonchev–Trinajstić information content (AvgIpc) is 2.41. The summed E-state index contributed by atoms with van der Waals surface area (Å²) in [6.07, 6.45) is 5.91. The van der Waals surface area contributed by atoms with E-state index in [0.717, 1.165) is 32.1 Å². The second-order valence-corrected chi connectivity index (χ2v) is 7.17. The number of alkyl halides is 2. The molecule has 2 aliphatic rings. The molecular formula is C16H30F2N2. The van der Waals surface area contributed by atoms with E-state index in [9.17, 15) is 8.78 Å². The molecule has 2 fully saturated rings. The van der Waals surface area contributed by atoms with Crippen molar-refractivity contribution in [3.05, 3.63) is 0 Å². The van der Waals surface area contributed by atoms with Gasteiger partial charge in [0.25, 0.3) is 5.92 Å². The van der Waals surface area contributed by atoms with Crippen molar-refractivity contribution in [2.75, 3.05) is 7.05 Å². The fraction of sp³-hybridized carbons (Fsp3) is 1.00. The van der Waals surface area contributed by atoms with Crippen molar-refractivity contribution >= 4 is 0 Å². The molecule has 2 rings (SSSR count). The van der Waals surface area contributed by atoms with Gasteiger partial charge in [0.2, 0.25) is 0 Å². The molecule has 2 atom stereocenters. The molecule has 2 N–H and O–H groups in total. The Balaban J connectivity index is 1.90. The molecule has 0 spiro atoms. The van der Waals surface area contributed by atoms with Crippen molar-refractivity contribution in [3.63, 3.8) is 0 Å². The minimum absolute atomic E-state index is 0.0178. The first kappa shape index (κ1) is 16.2. The van der Waals surface area contributed by atoms with Crippen LogP contribution < -0.4 is 5.73 Å². The van der Waals surface area contributed by atoms with Gasteiger partial charge in [0, 0.05) is 18.5 Å². The molecule has 118 valence electrons. The lowest BCUT2D eigenvalue weighted by Crippen LogP contribution is -2.52. The Morgan fingerprint density at radius 1 is 1.10 bits per heavy atom. The van der Waals surface area contributed by atoms with Crippen LogP contribution in [0, 0.1) is 11.8 Å². The van der Waals surface area contributed by atoms with Gasteiger partial charge in [-0.3, -0.25) is 0 Å². The zero-order valence-electron chi connectivity index (χ0n) is 13.1.